The van der Waals surface area contributed by atoms with Crippen LogP contribution in [0, 0.1) is 17.8 Å². The number of rotatable bonds is 3. The average molecular weight is 274 g/mol. The van der Waals surface area contributed by atoms with Crippen molar-refractivity contribution in [3.63, 3.8) is 0 Å². The van der Waals surface area contributed by atoms with E-state index >= 15 is 0 Å². The number of hydrogen-bond donors (Lipinski definition) is 0. The molecule has 112 valence electrons. The van der Waals surface area contributed by atoms with E-state index in [4.69, 9.17) is 0 Å². The maximum atomic E-state index is 2.80. The Kier molecular flexibility index (Phi) is 3.87. The largest absolute Gasteiger partial charge is 0.300 e. The molecule has 4 aliphatic rings. The fourth-order valence-corrected chi connectivity index (χ4v) is 5.19. The molecule has 2 bridgehead atoms. The molecule has 0 amide bonds. The van der Waals surface area contributed by atoms with E-state index < -0.39 is 0 Å². The van der Waals surface area contributed by atoms with Gasteiger partial charge in [-0.3, -0.25) is 4.90 Å². The predicted molar refractivity (Wildman–Crippen MR) is 83.7 cm³/mol. The number of allylic oxidation sites excluding steroid dienone is 2. The molecular weight excluding hydrogens is 244 g/mol. The highest BCUT2D eigenvalue weighted by Crippen LogP contribution is 2.43. The molecule has 2 saturated carbocycles. The molecule has 0 spiro atoms. The molecule has 0 aromatic carbocycles. The molecule has 0 aromatic rings. The van der Waals surface area contributed by atoms with E-state index in [-0.39, 0.29) is 0 Å². The SMILES string of the molecule is C1=C[C@H]2C[C@@H]1C[C@@H]2CN1CCN(C2CCCCC2)CC1. The molecule has 4 rings (SSSR count). The van der Waals surface area contributed by atoms with Crippen LogP contribution in [-0.2, 0) is 0 Å². The fraction of sp³-hybridized carbons (Fsp3) is 0.889. The molecule has 2 heteroatoms. The van der Waals surface area contributed by atoms with Crippen LogP contribution in [0.5, 0.6) is 0 Å². The van der Waals surface area contributed by atoms with Crippen molar-refractivity contribution in [3.05, 3.63) is 12.2 Å². The Labute approximate surface area is 124 Å². The monoisotopic (exact) mass is 274 g/mol. The summed E-state index contributed by atoms with van der Waals surface area (Å²) >= 11 is 0. The normalized spacial score (nSPS) is 39.7. The van der Waals surface area contributed by atoms with Gasteiger partial charge >= 0.3 is 0 Å². The molecule has 3 fully saturated rings. The van der Waals surface area contributed by atoms with Gasteiger partial charge in [0.15, 0.2) is 0 Å². The Morgan fingerprint density at radius 3 is 2.30 bits per heavy atom. The Hall–Kier alpha value is -0.340. The van der Waals surface area contributed by atoms with E-state index in [0.717, 1.165) is 23.8 Å². The number of fused-ring (bicyclic) bond motifs is 2. The molecule has 0 aromatic heterocycles. The van der Waals surface area contributed by atoms with E-state index in [0.29, 0.717) is 0 Å². The molecule has 1 heterocycles. The van der Waals surface area contributed by atoms with E-state index in [1.165, 1.54) is 77.7 Å². The topological polar surface area (TPSA) is 6.48 Å². The minimum Gasteiger partial charge on any atom is -0.300 e. The van der Waals surface area contributed by atoms with Crippen molar-refractivity contribution in [2.45, 2.75) is 51.0 Å². The molecule has 1 aliphatic heterocycles. The predicted octanol–water partition coefficient (Wildman–Crippen LogP) is 3.15. The molecule has 0 unspecified atom stereocenters. The first-order valence-corrected chi connectivity index (χ1v) is 9.03. The zero-order valence-electron chi connectivity index (χ0n) is 12.8. The van der Waals surface area contributed by atoms with Crippen molar-refractivity contribution in [1.29, 1.82) is 0 Å². The van der Waals surface area contributed by atoms with Gasteiger partial charge in [0.1, 0.15) is 0 Å². The molecule has 3 aliphatic carbocycles. The highest BCUT2D eigenvalue weighted by atomic mass is 15.3. The minimum atomic E-state index is 0.927. The average Bonchev–Trinajstić information content (AvgIpc) is 3.12. The Bertz CT molecular complexity index is 350. The van der Waals surface area contributed by atoms with Crippen LogP contribution < -0.4 is 0 Å². The van der Waals surface area contributed by atoms with Crippen LogP contribution in [0.3, 0.4) is 0 Å². The Morgan fingerprint density at radius 2 is 1.65 bits per heavy atom. The summed E-state index contributed by atoms with van der Waals surface area (Å²) in [5.74, 6) is 2.84. The van der Waals surface area contributed by atoms with E-state index in [1.54, 1.807) is 0 Å². The Balaban J connectivity index is 1.24. The first-order valence-electron chi connectivity index (χ1n) is 9.03. The summed E-state index contributed by atoms with van der Waals surface area (Å²) in [6, 6.07) is 0.927. The van der Waals surface area contributed by atoms with Crippen molar-refractivity contribution < 1.29 is 0 Å². The second-order valence-electron chi connectivity index (χ2n) is 7.67. The lowest BCUT2D eigenvalue weighted by atomic mass is 9.92. The second-order valence-corrected chi connectivity index (χ2v) is 7.67. The second kappa shape index (κ2) is 5.81. The molecule has 3 atom stereocenters. The summed E-state index contributed by atoms with van der Waals surface area (Å²) < 4.78 is 0. The van der Waals surface area contributed by atoms with Crippen LogP contribution in [0.4, 0.5) is 0 Å². The van der Waals surface area contributed by atoms with Crippen LogP contribution in [0.1, 0.15) is 44.9 Å². The van der Waals surface area contributed by atoms with Crippen molar-refractivity contribution in [2.75, 3.05) is 32.7 Å². The fourth-order valence-electron chi connectivity index (χ4n) is 5.19. The van der Waals surface area contributed by atoms with Crippen LogP contribution in [0.25, 0.3) is 0 Å². The summed E-state index contributed by atoms with van der Waals surface area (Å²) in [4.78, 5) is 5.56. The van der Waals surface area contributed by atoms with E-state index in [1.807, 2.05) is 0 Å². The number of piperazine rings is 1. The summed E-state index contributed by atoms with van der Waals surface area (Å²) in [5.41, 5.74) is 0. The third kappa shape index (κ3) is 2.69. The first-order chi connectivity index (χ1) is 9.88. The lowest BCUT2D eigenvalue weighted by molar-refractivity contribution is 0.0686. The first kappa shape index (κ1) is 13.3. The summed E-state index contributed by atoms with van der Waals surface area (Å²) in [7, 11) is 0. The molecular formula is C18H30N2. The van der Waals surface area contributed by atoms with E-state index in [9.17, 15) is 0 Å². The van der Waals surface area contributed by atoms with Crippen molar-refractivity contribution in [1.82, 2.24) is 9.80 Å². The van der Waals surface area contributed by atoms with Gasteiger partial charge in [-0.15, -0.1) is 0 Å². The molecule has 1 saturated heterocycles. The Morgan fingerprint density at radius 1 is 0.850 bits per heavy atom. The van der Waals surface area contributed by atoms with Gasteiger partial charge in [0.2, 0.25) is 0 Å². The quantitative estimate of drug-likeness (QED) is 0.730. The lowest BCUT2D eigenvalue weighted by Crippen LogP contribution is -2.51. The van der Waals surface area contributed by atoms with Crippen molar-refractivity contribution >= 4 is 0 Å². The summed E-state index contributed by atoms with van der Waals surface area (Å²) in [6.45, 7) is 6.70. The van der Waals surface area contributed by atoms with Gasteiger partial charge in [0.05, 0.1) is 0 Å². The van der Waals surface area contributed by atoms with Crippen LogP contribution >= 0.6 is 0 Å². The molecule has 2 nitrogen and oxygen atoms in total. The van der Waals surface area contributed by atoms with Gasteiger partial charge in [-0.1, -0.05) is 31.4 Å². The highest BCUT2D eigenvalue weighted by molar-refractivity contribution is 5.10. The maximum Gasteiger partial charge on any atom is 0.0113 e. The van der Waals surface area contributed by atoms with Gasteiger partial charge in [0.25, 0.3) is 0 Å². The van der Waals surface area contributed by atoms with Gasteiger partial charge in [0, 0.05) is 38.8 Å². The van der Waals surface area contributed by atoms with Crippen molar-refractivity contribution in [3.8, 4) is 0 Å². The molecule has 0 N–H and O–H groups in total. The zero-order valence-corrected chi connectivity index (χ0v) is 12.8. The lowest BCUT2D eigenvalue weighted by Gasteiger charge is -2.41. The van der Waals surface area contributed by atoms with Gasteiger partial charge in [-0.2, -0.15) is 0 Å². The maximum absolute atomic E-state index is 2.80. The van der Waals surface area contributed by atoms with Crippen molar-refractivity contribution in [2.24, 2.45) is 17.8 Å². The van der Waals surface area contributed by atoms with E-state index in [2.05, 4.69) is 22.0 Å². The summed E-state index contributed by atoms with van der Waals surface area (Å²) in [6.07, 6.45) is 15.3. The smallest absolute Gasteiger partial charge is 0.0113 e. The molecule has 0 radical (unpaired) electrons. The number of hydrogen-bond acceptors (Lipinski definition) is 2. The van der Waals surface area contributed by atoms with Crippen LogP contribution in [0.15, 0.2) is 12.2 Å². The third-order valence-corrected chi connectivity index (χ3v) is 6.41. The van der Waals surface area contributed by atoms with Gasteiger partial charge < -0.3 is 4.90 Å². The summed E-state index contributed by atoms with van der Waals surface area (Å²) in [5, 5.41) is 0. The standard InChI is InChI=1S/C18H30N2/c1-2-4-18(5-3-1)20-10-8-19(9-11-20)14-17-13-15-6-7-16(17)12-15/h6-7,15-18H,1-5,8-14H2/t15-,16+,17-/m1/s1. The van der Waals surface area contributed by atoms with Crippen LogP contribution in [0.2, 0.25) is 0 Å². The minimum absolute atomic E-state index is 0.927. The molecule has 20 heavy (non-hydrogen) atoms. The highest BCUT2D eigenvalue weighted by Gasteiger charge is 2.37. The van der Waals surface area contributed by atoms with Gasteiger partial charge in [-0.05, 0) is 43.4 Å². The third-order valence-electron chi connectivity index (χ3n) is 6.41. The van der Waals surface area contributed by atoms with Crippen LogP contribution in [-0.4, -0.2) is 48.6 Å². The van der Waals surface area contributed by atoms with Gasteiger partial charge in [-0.25, -0.2) is 0 Å². The zero-order chi connectivity index (χ0) is 13.4. The number of nitrogens with zero attached hydrogens (tertiary/aromatic N) is 2.